The summed E-state index contributed by atoms with van der Waals surface area (Å²) in [6.07, 6.45) is 7.61. The molecule has 0 amide bonds. The summed E-state index contributed by atoms with van der Waals surface area (Å²) < 4.78 is 9.66. The van der Waals surface area contributed by atoms with E-state index in [-0.39, 0.29) is 5.97 Å². The van der Waals surface area contributed by atoms with E-state index in [0.29, 0.717) is 6.61 Å². The molecule has 1 fully saturated rings. The third-order valence-electron chi connectivity index (χ3n) is 3.16. The molecule has 0 aromatic carbocycles. The van der Waals surface area contributed by atoms with Gasteiger partial charge in [-0.1, -0.05) is 25.3 Å². The first-order valence-corrected chi connectivity index (χ1v) is 6.09. The highest BCUT2D eigenvalue weighted by Crippen LogP contribution is 2.38. The van der Waals surface area contributed by atoms with Crippen molar-refractivity contribution in [3.63, 3.8) is 0 Å². The molecule has 1 rings (SSSR count). The summed E-state index contributed by atoms with van der Waals surface area (Å²) >= 11 is 0. The van der Waals surface area contributed by atoms with Crippen LogP contribution in [0.4, 0.5) is 0 Å². The number of hydrogen-bond acceptors (Lipinski definition) is 4. The third kappa shape index (κ3) is 3.58. The standard InChI is InChI=1S/C13H20O4/c1-3-17-11(14)7-10-13(12(15)16-2)8-5-4-6-9-13/h7,10H,3-6,8-9H2,1-2H3/b10-7-. The van der Waals surface area contributed by atoms with Gasteiger partial charge >= 0.3 is 11.9 Å². The van der Waals surface area contributed by atoms with E-state index < -0.39 is 11.4 Å². The van der Waals surface area contributed by atoms with E-state index in [1.165, 1.54) is 13.2 Å². The Morgan fingerprint density at radius 1 is 1.24 bits per heavy atom. The first kappa shape index (κ1) is 13.7. The van der Waals surface area contributed by atoms with Crippen molar-refractivity contribution in [3.8, 4) is 0 Å². The quantitative estimate of drug-likeness (QED) is 0.558. The number of hydrogen-bond donors (Lipinski definition) is 0. The van der Waals surface area contributed by atoms with Gasteiger partial charge in [-0.3, -0.25) is 4.79 Å². The average Bonchev–Trinajstić information content (AvgIpc) is 2.37. The number of esters is 2. The highest BCUT2D eigenvalue weighted by atomic mass is 16.5. The van der Waals surface area contributed by atoms with Crippen molar-refractivity contribution in [1.29, 1.82) is 0 Å². The normalized spacial score (nSPS) is 18.9. The van der Waals surface area contributed by atoms with E-state index in [9.17, 15) is 9.59 Å². The van der Waals surface area contributed by atoms with Crippen molar-refractivity contribution in [3.05, 3.63) is 12.2 Å². The summed E-state index contributed by atoms with van der Waals surface area (Å²) in [7, 11) is 1.39. The van der Waals surface area contributed by atoms with Gasteiger partial charge in [0.25, 0.3) is 0 Å². The molecule has 1 aliphatic rings. The van der Waals surface area contributed by atoms with Crippen LogP contribution in [0.3, 0.4) is 0 Å². The predicted octanol–water partition coefficient (Wildman–Crippen LogP) is 2.23. The Morgan fingerprint density at radius 2 is 1.88 bits per heavy atom. The minimum absolute atomic E-state index is 0.252. The maximum Gasteiger partial charge on any atom is 0.330 e. The van der Waals surface area contributed by atoms with E-state index in [1.807, 2.05) is 0 Å². The zero-order valence-electron chi connectivity index (χ0n) is 10.5. The zero-order chi connectivity index (χ0) is 12.7. The van der Waals surface area contributed by atoms with Gasteiger partial charge in [0.05, 0.1) is 19.1 Å². The van der Waals surface area contributed by atoms with Crippen molar-refractivity contribution in [2.75, 3.05) is 13.7 Å². The molecular weight excluding hydrogens is 220 g/mol. The Hall–Kier alpha value is -1.32. The fraction of sp³-hybridized carbons (Fsp3) is 0.692. The highest BCUT2D eigenvalue weighted by Gasteiger charge is 2.38. The van der Waals surface area contributed by atoms with E-state index in [1.54, 1.807) is 13.0 Å². The Labute approximate surface area is 102 Å². The second-order valence-electron chi connectivity index (χ2n) is 4.29. The van der Waals surface area contributed by atoms with Crippen LogP contribution in [0.15, 0.2) is 12.2 Å². The molecule has 17 heavy (non-hydrogen) atoms. The second-order valence-corrected chi connectivity index (χ2v) is 4.29. The topological polar surface area (TPSA) is 52.6 Å². The van der Waals surface area contributed by atoms with Crippen LogP contribution in [0, 0.1) is 5.41 Å². The lowest BCUT2D eigenvalue weighted by Crippen LogP contribution is -2.32. The van der Waals surface area contributed by atoms with Gasteiger partial charge < -0.3 is 9.47 Å². The Bertz CT molecular complexity index is 301. The molecule has 0 atom stereocenters. The molecule has 96 valence electrons. The molecule has 1 aliphatic carbocycles. The van der Waals surface area contributed by atoms with Crippen LogP contribution in [0.25, 0.3) is 0 Å². The molecule has 1 saturated carbocycles. The summed E-state index contributed by atoms with van der Waals surface area (Å²) in [6.45, 7) is 2.09. The molecule has 0 aromatic rings. The van der Waals surface area contributed by atoms with Crippen LogP contribution in [-0.4, -0.2) is 25.7 Å². The third-order valence-corrected chi connectivity index (χ3v) is 3.16. The Balaban J connectivity index is 2.76. The fourth-order valence-corrected chi connectivity index (χ4v) is 2.24. The summed E-state index contributed by atoms with van der Waals surface area (Å²) in [5.41, 5.74) is -0.625. The second kappa shape index (κ2) is 6.42. The maximum absolute atomic E-state index is 11.8. The van der Waals surface area contributed by atoms with Crippen molar-refractivity contribution < 1.29 is 19.1 Å². The van der Waals surface area contributed by atoms with Crippen LogP contribution in [0.1, 0.15) is 39.0 Å². The number of methoxy groups -OCH3 is 1. The first-order valence-electron chi connectivity index (χ1n) is 6.09. The molecule has 4 heteroatoms. The molecule has 4 nitrogen and oxygen atoms in total. The number of rotatable bonds is 4. The number of ether oxygens (including phenoxy) is 2. The zero-order valence-corrected chi connectivity index (χ0v) is 10.5. The maximum atomic E-state index is 11.8. The van der Waals surface area contributed by atoms with E-state index in [0.717, 1.165) is 32.1 Å². The molecule has 0 aromatic heterocycles. The highest BCUT2D eigenvalue weighted by molar-refractivity contribution is 5.85. The molecule has 0 heterocycles. The Morgan fingerprint density at radius 3 is 2.41 bits per heavy atom. The van der Waals surface area contributed by atoms with Crippen LogP contribution in [-0.2, 0) is 19.1 Å². The van der Waals surface area contributed by atoms with Gasteiger partial charge in [-0.25, -0.2) is 4.79 Å². The van der Waals surface area contributed by atoms with Crippen molar-refractivity contribution >= 4 is 11.9 Å². The van der Waals surface area contributed by atoms with Crippen molar-refractivity contribution in [1.82, 2.24) is 0 Å². The molecule has 0 radical (unpaired) electrons. The molecule has 0 unspecified atom stereocenters. The lowest BCUT2D eigenvalue weighted by Gasteiger charge is -2.31. The van der Waals surface area contributed by atoms with Gasteiger partial charge in [0, 0.05) is 6.08 Å². The Kier molecular flexibility index (Phi) is 5.19. The van der Waals surface area contributed by atoms with Crippen LogP contribution in [0.2, 0.25) is 0 Å². The molecule has 0 aliphatic heterocycles. The first-order chi connectivity index (χ1) is 8.14. The van der Waals surface area contributed by atoms with Crippen molar-refractivity contribution in [2.24, 2.45) is 5.41 Å². The van der Waals surface area contributed by atoms with Crippen molar-refractivity contribution in [2.45, 2.75) is 39.0 Å². The lowest BCUT2D eigenvalue weighted by molar-refractivity contribution is -0.151. The molecule has 0 saturated heterocycles. The van der Waals surface area contributed by atoms with Gasteiger partial charge in [0.2, 0.25) is 0 Å². The minimum Gasteiger partial charge on any atom is -0.468 e. The molecule has 0 N–H and O–H groups in total. The van der Waals surface area contributed by atoms with Gasteiger partial charge in [0.1, 0.15) is 0 Å². The van der Waals surface area contributed by atoms with E-state index in [4.69, 9.17) is 9.47 Å². The SMILES string of the molecule is CCOC(=O)/C=C\C1(C(=O)OC)CCCCC1. The van der Waals surface area contributed by atoms with E-state index in [2.05, 4.69) is 0 Å². The number of carbonyl (C=O) groups is 2. The smallest absolute Gasteiger partial charge is 0.330 e. The van der Waals surface area contributed by atoms with Gasteiger partial charge in [-0.05, 0) is 19.8 Å². The largest absolute Gasteiger partial charge is 0.468 e. The fourth-order valence-electron chi connectivity index (χ4n) is 2.24. The van der Waals surface area contributed by atoms with Crippen LogP contribution >= 0.6 is 0 Å². The lowest BCUT2D eigenvalue weighted by atomic mass is 9.74. The summed E-state index contributed by atoms with van der Waals surface area (Å²) in [4.78, 5) is 23.1. The number of carbonyl (C=O) groups excluding carboxylic acids is 2. The van der Waals surface area contributed by atoms with Crippen LogP contribution in [0.5, 0.6) is 0 Å². The average molecular weight is 240 g/mol. The molecule has 0 spiro atoms. The molecule has 0 bridgehead atoms. The summed E-state index contributed by atoms with van der Waals surface area (Å²) in [5.74, 6) is -0.654. The van der Waals surface area contributed by atoms with E-state index >= 15 is 0 Å². The summed E-state index contributed by atoms with van der Waals surface area (Å²) in [5, 5.41) is 0. The monoisotopic (exact) mass is 240 g/mol. The van der Waals surface area contributed by atoms with Gasteiger partial charge in [0.15, 0.2) is 0 Å². The van der Waals surface area contributed by atoms with Gasteiger partial charge in [-0.15, -0.1) is 0 Å². The predicted molar refractivity (Wildman–Crippen MR) is 63.3 cm³/mol. The van der Waals surface area contributed by atoms with Gasteiger partial charge in [-0.2, -0.15) is 0 Å². The van der Waals surface area contributed by atoms with Crippen LogP contribution < -0.4 is 0 Å². The molecular formula is C13H20O4. The summed E-state index contributed by atoms with van der Waals surface area (Å²) in [6, 6.07) is 0. The minimum atomic E-state index is -0.625.